The highest BCUT2D eigenvalue weighted by Crippen LogP contribution is 2.37. The molecule has 0 saturated carbocycles. The molecular weight excluding hydrogens is 359 g/mol. The number of aromatic carboxylic acids is 1. The van der Waals surface area contributed by atoms with E-state index in [1.165, 1.54) is 23.5 Å². The summed E-state index contributed by atoms with van der Waals surface area (Å²) in [5.74, 6) is -1.40. The van der Waals surface area contributed by atoms with Crippen molar-refractivity contribution < 1.29 is 24.5 Å². The van der Waals surface area contributed by atoms with E-state index >= 15 is 0 Å². The van der Waals surface area contributed by atoms with Crippen LogP contribution >= 0.6 is 11.3 Å². The van der Waals surface area contributed by atoms with Crippen LogP contribution in [0.3, 0.4) is 0 Å². The lowest BCUT2D eigenvalue weighted by Crippen LogP contribution is -2.55. The smallest absolute Gasteiger partial charge is 0.355 e. The van der Waals surface area contributed by atoms with E-state index in [1.807, 2.05) is 4.90 Å². The van der Waals surface area contributed by atoms with Gasteiger partial charge in [0.25, 0.3) is 0 Å². The molecule has 2 atom stereocenters. The molecule has 0 unspecified atom stereocenters. The minimum atomic E-state index is -1.07. The van der Waals surface area contributed by atoms with Gasteiger partial charge in [-0.15, -0.1) is 11.3 Å². The van der Waals surface area contributed by atoms with Crippen LogP contribution in [0.4, 0.5) is 9.52 Å². The van der Waals surface area contributed by atoms with Gasteiger partial charge in [0, 0.05) is 23.4 Å². The predicted molar refractivity (Wildman–Crippen MR) is 96.3 cm³/mol. The molecule has 1 aliphatic rings. The van der Waals surface area contributed by atoms with Gasteiger partial charge in [0.15, 0.2) is 10.8 Å². The molecule has 0 aliphatic carbocycles. The van der Waals surface area contributed by atoms with Crippen molar-refractivity contribution >= 4 is 22.4 Å². The van der Waals surface area contributed by atoms with Gasteiger partial charge >= 0.3 is 5.97 Å². The van der Waals surface area contributed by atoms with E-state index in [1.54, 1.807) is 19.1 Å². The fourth-order valence-corrected chi connectivity index (χ4v) is 4.35. The summed E-state index contributed by atoms with van der Waals surface area (Å²) < 4.78 is 13.1. The average molecular weight is 380 g/mol. The molecule has 3 N–H and O–H groups in total. The number of carboxylic acid groups (broad SMARTS) is 1. The van der Waals surface area contributed by atoms with Gasteiger partial charge in [-0.3, -0.25) is 0 Å². The number of piperidine rings is 1. The summed E-state index contributed by atoms with van der Waals surface area (Å²) in [6, 6.07) is 6.01. The van der Waals surface area contributed by atoms with Gasteiger partial charge in [0.2, 0.25) is 0 Å². The van der Waals surface area contributed by atoms with E-state index in [0.717, 1.165) is 5.56 Å². The Morgan fingerprint density at radius 2 is 2.12 bits per heavy atom. The van der Waals surface area contributed by atoms with Crippen molar-refractivity contribution in [3.05, 3.63) is 46.2 Å². The Labute approximate surface area is 154 Å². The number of aryl methyl sites for hydroxylation is 1. The highest BCUT2D eigenvalue weighted by atomic mass is 32.1. The normalized spacial score (nSPS) is 23.2. The van der Waals surface area contributed by atoms with Gasteiger partial charge < -0.3 is 20.2 Å². The average Bonchev–Trinajstić information content (AvgIpc) is 3.01. The molecule has 0 spiro atoms. The number of aromatic nitrogens is 1. The summed E-state index contributed by atoms with van der Waals surface area (Å²) in [5, 5.41) is 30.4. The number of benzene rings is 1. The molecule has 8 heteroatoms. The fraction of sp³-hybridized carbons (Fsp3) is 0.444. The first-order valence-electron chi connectivity index (χ1n) is 8.34. The Kier molecular flexibility index (Phi) is 5.27. The zero-order chi connectivity index (χ0) is 18.9. The van der Waals surface area contributed by atoms with Crippen LogP contribution in [0, 0.1) is 18.2 Å². The third-order valence-electron chi connectivity index (χ3n) is 4.93. The molecule has 26 heavy (non-hydrogen) atoms. The summed E-state index contributed by atoms with van der Waals surface area (Å²) in [4.78, 5) is 18.0. The van der Waals surface area contributed by atoms with Gasteiger partial charge in [-0.2, -0.15) is 0 Å². The number of halogens is 1. The second kappa shape index (κ2) is 7.30. The molecule has 1 aromatic heterocycles. The largest absolute Gasteiger partial charge is 0.476 e. The summed E-state index contributed by atoms with van der Waals surface area (Å²) in [6.07, 6.45) is 0.106. The van der Waals surface area contributed by atoms with Gasteiger partial charge in [0.1, 0.15) is 5.82 Å². The molecule has 2 aromatic rings. The molecule has 1 aliphatic heterocycles. The molecule has 1 aromatic carbocycles. The Bertz CT molecular complexity index is 795. The summed E-state index contributed by atoms with van der Waals surface area (Å²) in [5.41, 5.74) is 0.0334. The zero-order valence-electron chi connectivity index (χ0n) is 14.4. The number of aliphatic hydroxyl groups is 2. The van der Waals surface area contributed by atoms with Crippen LogP contribution < -0.4 is 4.90 Å². The maximum absolute atomic E-state index is 13.1. The van der Waals surface area contributed by atoms with Crippen molar-refractivity contribution in [2.24, 2.45) is 5.41 Å². The first-order chi connectivity index (χ1) is 12.3. The zero-order valence-corrected chi connectivity index (χ0v) is 15.2. The van der Waals surface area contributed by atoms with Crippen molar-refractivity contribution in [3.8, 4) is 0 Å². The van der Waals surface area contributed by atoms with Crippen LogP contribution in [0.15, 0.2) is 24.3 Å². The highest BCUT2D eigenvalue weighted by molar-refractivity contribution is 7.15. The fourth-order valence-electron chi connectivity index (χ4n) is 3.42. The molecule has 1 saturated heterocycles. The summed E-state index contributed by atoms with van der Waals surface area (Å²) >= 11 is 1.29. The van der Waals surface area contributed by atoms with Crippen LogP contribution in [-0.2, 0) is 6.42 Å². The maximum Gasteiger partial charge on any atom is 0.355 e. The molecule has 2 heterocycles. The predicted octanol–water partition coefficient (Wildman–Crippen LogP) is 2.08. The Morgan fingerprint density at radius 3 is 2.69 bits per heavy atom. The minimum Gasteiger partial charge on any atom is -0.476 e. The van der Waals surface area contributed by atoms with Crippen LogP contribution in [0.2, 0.25) is 0 Å². The van der Waals surface area contributed by atoms with Crippen molar-refractivity contribution in [3.63, 3.8) is 0 Å². The number of hydrogen-bond acceptors (Lipinski definition) is 6. The highest BCUT2D eigenvalue weighted by Gasteiger charge is 2.43. The maximum atomic E-state index is 13.1. The number of carbonyl (C=O) groups is 1. The van der Waals surface area contributed by atoms with Gasteiger partial charge in [-0.25, -0.2) is 14.2 Å². The number of aliphatic hydroxyl groups excluding tert-OH is 2. The molecule has 0 amide bonds. The van der Waals surface area contributed by atoms with Gasteiger partial charge in [-0.05, 0) is 37.5 Å². The van der Waals surface area contributed by atoms with Crippen molar-refractivity contribution in [2.75, 3.05) is 24.6 Å². The molecule has 0 radical (unpaired) electrons. The standard InChI is InChI=1S/C18H21FN2O4S/c1-11-15(16(24)25)20-17(26-11)21-7-6-14(23)18(9-21,10-22)8-12-2-4-13(19)5-3-12/h2-5,14,22-23H,6-10H2,1H3,(H,24,25)/t14-,18-/m0/s1. The van der Waals surface area contributed by atoms with E-state index in [2.05, 4.69) is 4.98 Å². The quantitative estimate of drug-likeness (QED) is 0.735. The summed E-state index contributed by atoms with van der Waals surface area (Å²) in [6.45, 7) is 2.34. The lowest BCUT2D eigenvalue weighted by atomic mass is 9.73. The first kappa shape index (κ1) is 18.8. The third-order valence-corrected chi connectivity index (χ3v) is 5.96. The van der Waals surface area contributed by atoms with E-state index in [9.17, 15) is 24.5 Å². The molecule has 6 nitrogen and oxygen atoms in total. The van der Waals surface area contributed by atoms with Crippen LogP contribution in [-0.4, -0.2) is 52.1 Å². The molecule has 3 rings (SSSR count). The Morgan fingerprint density at radius 1 is 1.42 bits per heavy atom. The molecule has 1 fully saturated rings. The SMILES string of the molecule is Cc1sc(N2CC[C@H](O)[C@@](CO)(Cc3ccc(F)cc3)C2)nc1C(=O)O. The first-order valence-corrected chi connectivity index (χ1v) is 9.15. The lowest BCUT2D eigenvalue weighted by Gasteiger charge is -2.45. The van der Waals surface area contributed by atoms with Crippen LogP contribution in [0.1, 0.15) is 27.3 Å². The number of carboxylic acids is 1. The lowest BCUT2D eigenvalue weighted by molar-refractivity contribution is -0.0291. The summed E-state index contributed by atoms with van der Waals surface area (Å²) in [7, 11) is 0. The molecular formula is C18H21FN2O4S. The molecule has 140 valence electrons. The number of rotatable bonds is 5. The van der Waals surface area contributed by atoms with E-state index < -0.39 is 17.5 Å². The number of thiazole rings is 1. The monoisotopic (exact) mass is 380 g/mol. The third kappa shape index (κ3) is 3.58. The second-order valence-electron chi connectivity index (χ2n) is 6.76. The molecule has 0 bridgehead atoms. The van der Waals surface area contributed by atoms with Crippen molar-refractivity contribution in [1.29, 1.82) is 0 Å². The number of hydrogen-bond donors (Lipinski definition) is 3. The Balaban J connectivity index is 1.86. The minimum absolute atomic E-state index is 0.0317. The van der Waals surface area contributed by atoms with E-state index in [0.29, 0.717) is 35.9 Å². The van der Waals surface area contributed by atoms with Gasteiger partial charge in [0.05, 0.1) is 12.7 Å². The van der Waals surface area contributed by atoms with E-state index in [4.69, 9.17) is 0 Å². The van der Waals surface area contributed by atoms with Crippen LogP contribution in [0.25, 0.3) is 0 Å². The number of nitrogens with zero attached hydrogens (tertiary/aromatic N) is 2. The van der Waals surface area contributed by atoms with Crippen LogP contribution in [0.5, 0.6) is 0 Å². The number of anilines is 1. The van der Waals surface area contributed by atoms with E-state index in [-0.39, 0.29) is 18.1 Å². The topological polar surface area (TPSA) is 93.9 Å². The van der Waals surface area contributed by atoms with Gasteiger partial charge in [-0.1, -0.05) is 12.1 Å². The Hall–Kier alpha value is -2.03. The van der Waals surface area contributed by atoms with Crippen molar-refractivity contribution in [2.45, 2.75) is 25.9 Å². The van der Waals surface area contributed by atoms with Crippen molar-refractivity contribution in [1.82, 2.24) is 4.98 Å². The second-order valence-corrected chi connectivity index (χ2v) is 7.94.